The van der Waals surface area contributed by atoms with Crippen molar-refractivity contribution in [2.45, 2.75) is 33.2 Å². The van der Waals surface area contributed by atoms with Crippen LogP contribution >= 0.6 is 11.3 Å². The van der Waals surface area contributed by atoms with Crippen molar-refractivity contribution in [3.63, 3.8) is 0 Å². The Morgan fingerprint density at radius 2 is 2.11 bits per heavy atom. The lowest BCUT2D eigenvalue weighted by molar-refractivity contribution is 0.0532. The lowest BCUT2D eigenvalue weighted by Crippen LogP contribution is -2.45. The van der Waals surface area contributed by atoms with Gasteiger partial charge < -0.3 is 20.8 Å². The summed E-state index contributed by atoms with van der Waals surface area (Å²) in [4.78, 5) is 36.7. The molecule has 0 spiro atoms. The molecular weight excluding hydrogens is 378 g/mol. The third kappa shape index (κ3) is 4.20. The summed E-state index contributed by atoms with van der Waals surface area (Å²) in [6.07, 6.45) is 3.01. The van der Waals surface area contributed by atoms with Gasteiger partial charge in [0.25, 0.3) is 5.91 Å². The number of carbonyl (C=O) groups excluding carboxylic acids is 2. The number of esters is 1. The third-order valence-electron chi connectivity index (χ3n) is 4.01. The maximum atomic E-state index is 12.3. The smallest absolute Gasteiger partial charge is 0.348 e. The van der Waals surface area contributed by atoms with Crippen LogP contribution in [0.3, 0.4) is 0 Å². The monoisotopic (exact) mass is 401 g/mol. The van der Waals surface area contributed by atoms with E-state index in [2.05, 4.69) is 20.3 Å². The summed E-state index contributed by atoms with van der Waals surface area (Å²) >= 11 is 1.36. The number of amides is 1. The fourth-order valence-corrected chi connectivity index (χ4v) is 3.67. The highest BCUT2D eigenvalue weighted by Gasteiger charge is 2.19. The van der Waals surface area contributed by atoms with E-state index in [9.17, 15) is 9.59 Å². The van der Waals surface area contributed by atoms with Gasteiger partial charge in [0, 0.05) is 12.1 Å². The number of nitrogens with two attached hydrogens (primary N) is 1. The van der Waals surface area contributed by atoms with Crippen LogP contribution in [0.4, 0.5) is 0 Å². The van der Waals surface area contributed by atoms with Crippen molar-refractivity contribution in [2.75, 3.05) is 13.2 Å². The fourth-order valence-electron chi connectivity index (χ4n) is 2.66. The van der Waals surface area contributed by atoms with E-state index in [1.807, 2.05) is 20.8 Å². The number of carbonyl (C=O) groups is 2. The highest BCUT2D eigenvalue weighted by Crippen LogP contribution is 2.34. The van der Waals surface area contributed by atoms with Gasteiger partial charge in [0.1, 0.15) is 16.3 Å². The quantitative estimate of drug-likeness (QED) is 0.546. The van der Waals surface area contributed by atoms with Crippen molar-refractivity contribution in [1.29, 1.82) is 0 Å². The van der Waals surface area contributed by atoms with Gasteiger partial charge in [-0.25, -0.2) is 9.78 Å². The first-order valence-electron chi connectivity index (χ1n) is 8.88. The van der Waals surface area contributed by atoms with Crippen LogP contribution in [0.1, 0.15) is 46.5 Å². The van der Waals surface area contributed by atoms with Crippen LogP contribution in [0, 0.1) is 6.92 Å². The molecule has 0 fully saturated rings. The van der Waals surface area contributed by atoms with Gasteiger partial charge in [-0.3, -0.25) is 9.78 Å². The number of rotatable bonds is 6. The molecule has 0 aliphatic heterocycles. The molecule has 3 rings (SSSR count). The Kier molecular flexibility index (Phi) is 5.48. The van der Waals surface area contributed by atoms with E-state index in [1.165, 1.54) is 17.5 Å². The predicted octanol–water partition coefficient (Wildman–Crippen LogP) is 2.64. The molecule has 1 amide bonds. The molecule has 0 saturated carbocycles. The van der Waals surface area contributed by atoms with E-state index in [-0.39, 0.29) is 17.6 Å². The van der Waals surface area contributed by atoms with Gasteiger partial charge >= 0.3 is 5.97 Å². The molecule has 4 N–H and O–H groups in total. The average Bonchev–Trinajstić information content (AvgIpc) is 3.19. The molecule has 9 heteroatoms. The van der Waals surface area contributed by atoms with Gasteiger partial charge in [0.05, 0.1) is 34.9 Å². The summed E-state index contributed by atoms with van der Waals surface area (Å²) in [5.41, 5.74) is 8.67. The molecule has 148 valence electrons. The van der Waals surface area contributed by atoms with Gasteiger partial charge in [-0.1, -0.05) is 0 Å². The topological polar surface area (TPSA) is 123 Å². The van der Waals surface area contributed by atoms with Crippen LogP contribution in [0.5, 0.6) is 0 Å². The molecule has 8 nitrogen and oxygen atoms in total. The number of thiophene rings is 1. The summed E-state index contributed by atoms with van der Waals surface area (Å²) in [6, 6.07) is 1.77. The van der Waals surface area contributed by atoms with Crippen molar-refractivity contribution in [3.05, 3.63) is 34.6 Å². The highest BCUT2D eigenvalue weighted by atomic mass is 32.1. The van der Waals surface area contributed by atoms with Crippen molar-refractivity contribution in [3.8, 4) is 11.4 Å². The molecule has 0 aromatic carbocycles. The van der Waals surface area contributed by atoms with Crippen molar-refractivity contribution in [1.82, 2.24) is 20.3 Å². The number of nitrogens with zero attached hydrogens (tertiary/aromatic N) is 2. The Bertz CT molecular complexity index is 1030. The first-order chi connectivity index (χ1) is 13.2. The molecule has 0 aliphatic carbocycles. The van der Waals surface area contributed by atoms with Crippen LogP contribution in [-0.4, -0.2) is 45.5 Å². The molecule has 3 aromatic heterocycles. The Hall–Kier alpha value is -2.78. The predicted molar refractivity (Wildman–Crippen MR) is 108 cm³/mol. The second kappa shape index (κ2) is 7.69. The molecule has 0 atom stereocenters. The Balaban J connectivity index is 1.88. The number of H-pyrrole nitrogens is 1. The van der Waals surface area contributed by atoms with E-state index in [4.69, 9.17) is 10.5 Å². The van der Waals surface area contributed by atoms with Crippen LogP contribution in [-0.2, 0) is 4.74 Å². The number of aromatic nitrogens is 3. The first kappa shape index (κ1) is 20.0. The van der Waals surface area contributed by atoms with Gasteiger partial charge in [-0.2, -0.15) is 0 Å². The summed E-state index contributed by atoms with van der Waals surface area (Å²) in [5, 5.41) is 2.76. The molecule has 3 aromatic rings. The van der Waals surface area contributed by atoms with Crippen LogP contribution in [0.2, 0.25) is 0 Å². The number of aromatic amines is 1. The largest absolute Gasteiger partial charge is 0.462 e. The zero-order valence-corrected chi connectivity index (χ0v) is 17.1. The maximum absolute atomic E-state index is 12.3. The SMILES string of the molecule is CCOC(=O)c1cc2[nH]c(-c3cncc(C(=O)NCC(C)(C)N)n3)c(C)c2s1. The van der Waals surface area contributed by atoms with E-state index < -0.39 is 5.54 Å². The minimum Gasteiger partial charge on any atom is -0.462 e. The number of fused-ring (bicyclic) bond motifs is 1. The number of ether oxygens (including phenoxy) is 1. The van der Waals surface area contributed by atoms with Crippen molar-refractivity contribution >= 4 is 33.4 Å². The second-order valence-electron chi connectivity index (χ2n) is 7.16. The van der Waals surface area contributed by atoms with Crippen LogP contribution in [0.25, 0.3) is 21.6 Å². The summed E-state index contributed by atoms with van der Waals surface area (Å²) in [5.74, 6) is -0.664. The molecule has 0 radical (unpaired) electrons. The molecule has 0 unspecified atom stereocenters. The fraction of sp³-hybridized carbons (Fsp3) is 0.368. The van der Waals surface area contributed by atoms with Crippen LogP contribution < -0.4 is 11.1 Å². The maximum Gasteiger partial charge on any atom is 0.348 e. The van der Waals surface area contributed by atoms with Gasteiger partial charge in [0.2, 0.25) is 0 Å². The van der Waals surface area contributed by atoms with E-state index >= 15 is 0 Å². The van der Waals surface area contributed by atoms with Crippen LogP contribution in [0.15, 0.2) is 18.5 Å². The van der Waals surface area contributed by atoms with Crippen molar-refractivity contribution < 1.29 is 14.3 Å². The van der Waals surface area contributed by atoms with Gasteiger partial charge in [-0.15, -0.1) is 11.3 Å². The molecule has 3 heterocycles. The zero-order valence-electron chi connectivity index (χ0n) is 16.3. The number of hydrogen-bond donors (Lipinski definition) is 3. The summed E-state index contributed by atoms with van der Waals surface area (Å²) < 4.78 is 6.00. The Morgan fingerprint density at radius 3 is 2.75 bits per heavy atom. The van der Waals surface area contributed by atoms with E-state index in [1.54, 1.807) is 19.2 Å². The van der Waals surface area contributed by atoms with Gasteiger partial charge in [0.15, 0.2) is 0 Å². The minimum absolute atomic E-state index is 0.214. The second-order valence-corrected chi connectivity index (χ2v) is 8.21. The number of hydrogen-bond acceptors (Lipinski definition) is 7. The normalized spacial score (nSPS) is 11.6. The molecule has 0 aliphatic rings. The third-order valence-corrected chi connectivity index (χ3v) is 5.25. The molecule has 0 saturated heterocycles. The Labute approximate surface area is 166 Å². The van der Waals surface area contributed by atoms with Crippen molar-refractivity contribution in [2.24, 2.45) is 5.73 Å². The number of nitrogens with one attached hydrogen (secondary N) is 2. The van der Waals surface area contributed by atoms with Gasteiger partial charge in [-0.05, 0) is 39.3 Å². The average molecular weight is 401 g/mol. The molecule has 0 bridgehead atoms. The summed E-state index contributed by atoms with van der Waals surface area (Å²) in [7, 11) is 0. The van der Waals surface area contributed by atoms with E-state index in [0.717, 1.165) is 21.5 Å². The molecule has 28 heavy (non-hydrogen) atoms. The Morgan fingerprint density at radius 1 is 1.36 bits per heavy atom. The lowest BCUT2D eigenvalue weighted by Gasteiger charge is -2.18. The minimum atomic E-state index is -0.516. The zero-order chi connectivity index (χ0) is 20.5. The lowest BCUT2D eigenvalue weighted by atomic mass is 10.1. The summed E-state index contributed by atoms with van der Waals surface area (Å²) in [6.45, 7) is 8.03. The highest BCUT2D eigenvalue weighted by molar-refractivity contribution is 7.21. The number of aryl methyl sites for hydroxylation is 1. The first-order valence-corrected chi connectivity index (χ1v) is 9.70. The molecular formula is C19H23N5O3S. The van der Waals surface area contributed by atoms with E-state index in [0.29, 0.717) is 23.7 Å². The standard InChI is InChI=1S/C19H23N5O3S/c1-5-27-18(26)14-6-11-16(28-14)10(2)15(24-11)12-7-21-8-13(23-12)17(25)22-9-19(3,4)20/h6-8,24H,5,9,20H2,1-4H3,(H,22,25).